The molecule has 0 aliphatic carbocycles. The molecule has 1 aromatic heterocycles. The number of hydrogen-bond donors (Lipinski definition) is 1. The molecule has 0 saturated carbocycles. The van der Waals surface area contributed by atoms with Crippen molar-refractivity contribution in [2.45, 2.75) is 25.8 Å². The smallest absolute Gasteiger partial charge is 0.264 e. The number of nitrogens with one attached hydrogen (secondary N) is 1. The highest BCUT2D eigenvalue weighted by molar-refractivity contribution is 7.21. The number of benzene rings is 1. The lowest BCUT2D eigenvalue weighted by Gasteiger charge is -2.32. The van der Waals surface area contributed by atoms with Gasteiger partial charge in [-0.2, -0.15) is 0 Å². The molecular weight excluding hydrogens is 332 g/mol. The standard InChI is InChI=1S/C17H22N2O2S.ClH/c1-11-14-9-13(21-3)6-7-15(14)22-16(11)17(20)19-8-4-5-12(10-19)18-2;/h6-7,9,12,18H,4-5,8,10H2,1-3H3;1H. The van der Waals surface area contributed by atoms with Gasteiger partial charge in [0, 0.05) is 23.8 Å². The SMILES string of the molecule is CNC1CCCN(C(=O)c2sc3ccc(OC)cc3c2C)C1.Cl. The molecular formula is C17H23ClN2O2S. The molecule has 1 fully saturated rings. The molecule has 1 atom stereocenters. The van der Waals surface area contributed by atoms with Crippen LogP contribution in [0, 0.1) is 6.92 Å². The quantitative estimate of drug-likeness (QED) is 0.917. The van der Waals surface area contributed by atoms with E-state index in [1.165, 1.54) is 0 Å². The minimum absolute atomic E-state index is 0. The van der Waals surface area contributed by atoms with Crippen LogP contribution in [0.3, 0.4) is 0 Å². The van der Waals surface area contributed by atoms with Gasteiger partial charge in [-0.25, -0.2) is 0 Å². The highest BCUT2D eigenvalue weighted by Gasteiger charge is 2.26. The number of aryl methyl sites for hydroxylation is 1. The first-order valence-corrected chi connectivity index (χ1v) is 8.49. The number of rotatable bonds is 3. The van der Waals surface area contributed by atoms with Crippen LogP contribution < -0.4 is 10.1 Å². The summed E-state index contributed by atoms with van der Waals surface area (Å²) in [5, 5.41) is 4.41. The Labute approximate surface area is 147 Å². The molecule has 0 bridgehead atoms. The van der Waals surface area contributed by atoms with Gasteiger partial charge in [0.2, 0.25) is 0 Å². The molecule has 23 heavy (non-hydrogen) atoms. The second kappa shape index (κ2) is 7.51. The maximum atomic E-state index is 12.9. The van der Waals surface area contributed by atoms with Crippen molar-refractivity contribution in [3.8, 4) is 5.75 Å². The van der Waals surface area contributed by atoms with Gasteiger partial charge >= 0.3 is 0 Å². The van der Waals surface area contributed by atoms with Gasteiger partial charge in [0.25, 0.3) is 5.91 Å². The van der Waals surface area contributed by atoms with Crippen molar-refractivity contribution in [2.24, 2.45) is 0 Å². The van der Waals surface area contributed by atoms with Gasteiger partial charge < -0.3 is 15.0 Å². The van der Waals surface area contributed by atoms with Crippen LogP contribution in [-0.2, 0) is 0 Å². The van der Waals surface area contributed by atoms with Gasteiger partial charge in [-0.1, -0.05) is 0 Å². The molecule has 1 aliphatic heterocycles. The number of ether oxygens (including phenoxy) is 1. The van der Waals surface area contributed by atoms with Crippen LogP contribution in [-0.4, -0.2) is 44.1 Å². The number of thiophene rings is 1. The fourth-order valence-corrected chi connectivity index (χ4v) is 4.23. The number of halogens is 1. The Morgan fingerprint density at radius 1 is 1.43 bits per heavy atom. The van der Waals surface area contributed by atoms with Gasteiger partial charge in [-0.15, -0.1) is 23.7 Å². The maximum Gasteiger partial charge on any atom is 0.264 e. The third kappa shape index (κ3) is 3.47. The highest BCUT2D eigenvalue weighted by atomic mass is 35.5. The third-order valence-corrected chi connectivity index (χ3v) is 5.72. The lowest BCUT2D eigenvalue weighted by Crippen LogP contribution is -2.46. The van der Waals surface area contributed by atoms with Gasteiger partial charge in [0.1, 0.15) is 5.75 Å². The number of amides is 1. The Bertz CT molecular complexity index is 701. The molecule has 1 amide bonds. The minimum atomic E-state index is 0. The minimum Gasteiger partial charge on any atom is -0.497 e. The van der Waals surface area contributed by atoms with Gasteiger partial charge in [-0.3, -0.25) is 4.79 Å². The molecule has 126 valence electrons. The van der Waals surface area contributed by atoms with E-state index in [1.54, 1.807) is 18.4 Å². The third-order valence-electron chi connectivity index (χ3n) is 4.45. The zero-order valence-electron chi connectivity index (χ0n) is 13.7. The molecule has 2 aromatic rings. The highest BCUT2D eigenvalue weighted by Crippen LogP contribution is 2.34. The molecule has 6 heteroatoms. The Morgan fingerprint density at radius 2 is 2.22 bits per heavy atom. The molecule has 4 nitrogen and oxygen atoms in total. The molecule has 0 radical (unpaired) electrons. The molecule has 0 spiro atoms. The first kappa shape index (κ1) is 18.0. The maximum absolute atomic E-state index is 12.9. The second-order valence-corrected chi connectivity index (χ2v) is 6.85. The summed E-state index contributed by atoms with van der Waals surface area (Å²) in [5.74, 6) is 0.998. The summed E-state index contributed by atoms with van der Waals surface area (Å²) in [6.07, 6.45) is 2.21. The molecule has 1 unspecified atom stereocenters. The molecule has 3 rings (SSSR count). The fourth-order valence-electron chi connectivity index (χ4n) is 3.07. The van der Waals surface area contributed by atoms with Crippen molar-refractivity contribution in [1.29, 1.82) is 0 Å². The van der Waals surface area contributed by atoms with Crippen LogP contribution in [0.4, 0.5) is 0 Å². The van der Waals surface area contributed by atoms with E-state index in [2.05, 4.69) is 5.32 Å². The second-order valence-electron chi connectivity index (χ2n) is 5.80. The molecule has 1 aliphatic rings. The summed E-state index contributed by atoms with van der Waals surface area (Å²) >= 11 is 1.59. The van der Waals surface area contributed by atoms with Crippen molar-refractivity contribution >= 4 is 39.7 Å². The Balaban J connectivity index is 0.00000192. The molecule has 1 aromatic carbocycles. The van der Waals surface area contributed by atoms with Crippen molar-refractivity contribution in [2.75, 3.05) is 27.2 Å². The number of carbonyl (C=O) groups is 1. The van der Waals surface area contributed by atoms with Crippen LogP contribution in [0.2, 0.25) is 0 Å². The monoisotopic (exact) mass is 354 g/mol. The Kier molecular flexibility index (Phi) is 5.89. The van der Waals surface area contributed by atoms with E-state index in [9.17, 15) is 4.79 Å². The zero-order valence-corrected chi connectivity index (χ0v) is 15.4. The summed E-state index contributed by atoms with van der Waals surface area (Å²) in [6.45, 7) is 3.69. The average Bonchev–Trinajstić information content (AvgIpc) is 2.90. The summed E-state index contributed by atoms with van der Waals surface area (Å²) in [5.41, 5.74) is 1.07. The van der Waals surface area contributed by atoms with Crippen LogP contribution in [0.25, 0.3) is 10.1 Å². The van der Waals surface area contributed by atoms with Gasteiger partial charge in [0.15, 0.2) is 0 Å². The van der Waals surface area contributed by atoms with E-state index in [1.807, 2.05) is 37.1 Å². The van der Waals surface area contributed by atoms with Crippen LogP contribution in [0.5, 0.6) is 5.75 Å². The predicted molar refractivity (Wildman–Crippen MR) is 98.3 cm³/mol. The van der Waals surface area contributed by atoms with Crippen molar-refractivity contribution in [3.63, 3.8) is 0 Å². The Hall–Kier alpha value is -1.30. The van der Waals surface area contributed by atoms with E-state index in [-0.39, 0.29) is 18.3 Å². The van der Waals surface area contributed by atoms with E-state index in [4.69, 9.17) is 4.74 Å². The summed E-state index contributed by atoms with van der Waals surface area (Å²) in [7, 11) is 3.64. The van der Waals surface area contributed by atoms with Crippen LogP contribution in [0.15, 0.2) is 18.2 Å². The number of carbonyl (C=O) groups excluding carboxylic acids is 1. The Morgan fingerprint density at radius 3 is 2.91 bits per heavy atom. The van der Waals surface area contributed by atoms with Crippen LogP contribution in [0.1, 0.15) is 28.1 Å². The first-order valence-electron chi connectivity index (χ1n) is 7.67. The average molecular weight is 355 g/mol. The number of hydrogen-bond acceptors (Lipinski definition) is 4. The first-order chi connectivity index (χ1) is 10.6. The summed E-state index contributed by atoms with van der Waals surface area (Å²) in [6, 6.07) is 6.41. The number of piperidine rings is 1. The van der Waals surface area contributed by atoms with Crippen molar-refractivity contribution in [3.05, 3.63) is 28.6 Å². The number of nitrogens with zero attached hydrogens (tertiary/aromatic N) is 1. The van der Waals surface area contributed by atoms with E-state index in [0.29, 0.717) is 6.04 Å². The lowest BCUT2D eigenvalue weighted by molar-refractivity contribution is 0.0702. The lowest BCUT2D eigenvalue weighted by atomic mass is 10.1. The number of likely N-dealkylation sites (N-methyl/N-ethyl adjacent to an activating group) is 1. The summed E-state index contributed by atoms with van der Waals surface area (Å²) in [4.78, 5) is 15.7. The number of fused-ring (bicyclic) bond motifs is 1. The van der Waals surface area contributed by atoms with Gasteiger partial charge in [0.05, 0.1) is 12.0 Å². The number of likely N-dealkylation sites (tertiary alicyclic amines) is 1. The largest absolute Gasteiger partial charge is 0.497 e. The van der Waals surface area contributed by atoms with Crippen molar-refractivity contribution in [1.82, 2.24) is 10.2 Å². The van der Waals surface area contributed by atoms with E-state index >= 15 is 0 Å². The normalized spacial score (nSPS) is 17.9. The number of methoxy groups -OCH3 is 1. The topological polar surface area (TPSA) is 41.6 Å². The predicted octanol–water partition coefficient (Wildman–Crippen LogP) is 3.46. The van der Waals surface area contributed by atoms with E-state index < -0.39 is 0 Å². The van der Waals surface area contributed by atoms with Crippen molar-refractivity contribution < 1.29 is 9.53 Å². The molecule has 1 saturated heterocycles. The fraction of sp³-hybridized carbons (Fsp3) is 0.471. The van der Waals surface area contributed by atoms with E-state index in [0.717, 1.165) is 52.2 Å². The molecule has 2 heterocycles. The van der Waals surface area contributed by atoms with Crippen LogP contribution >= 0.6 is 23.7 Å². The van der Waals surface area contributed by atoms with Gasteiger partial charge in [-0.05, 0) is 56.0 Å². The summed E-state index contributed by atoms with van der Waals surface area (Å²) < 4.78 is 6.44. The zero-order chi connectivity index (χ0) is 15.7. The molecule has 1 N–H and O–H groups in total.